The summed E-state index contributed by atoms with van der Waals surface area (Å²) in [6, 6.07) is 4.36. The Balaban J connectivity index is 1.51. The van der Waals surface area contributed by atoms with Crippen LogP contribution in [0.5, 0.6) is 0 Å². The van der Waals surface area contributed by atoms with Crippen molar-refractivity contribution in [3.05, 3.63) is 34.6 Å². The predicted molar refractivity (Wildman–Crippen MR) is 98.5 cm³/mol. The largest absolute Gasteiger partial charge is 0.354 e. The van der Waals surface area contributed by atoms with Gasteiger partial charge in [0, 0.05) is 30.2 Å². The van der Waals surface area contributed by atoms with Crippen LogP contribution in [0.4, 0.5) is 4.39 Å². The molecule has 0 bridgehead atoms. The summed E-state index contributed by atoms with van der Waals surface area (Å²) in [5.74, 6) is -0.292. The first kappa shape index (κ1) is 19.1. The third-order valence-electron chi connectivity index (χ3n) is 5.20. The Hall–Kier alpha value is -1.66. The second kappa shape index (κ2) is 8.82. The SMILES string of the molecule is O=C(NCC1CCCN(C(=O)Cc2c(F)cccc2Cl)C1)C1CCCN1. The molecule has 3 rings (SSSR count). The average molecular weight is 382 g/mol. The van der Waals surface area contributed by atoms with Crippen molar-refractivity contribution in [3.8, 4) is 0 Å². The average Bonchev–Trinajstić information content (AvgIpc) is 3.18. The van der Waals surface area contributed by atoms with Gasteiger partial charge in [0.25, 0.3) is 0 Å². The predicted octanol–water partition coefficient (Wildman–Crippen LogP) is 2.13. The van der Waals surface area contributed by atoms with Crippen LogP contribution in [0.3, 0.4) is 0 Å². The first-order valence-corrected chi connectivity index (χ1v) is 9.64. The van der Waals surface area contributed by atoms with Crippen molar-refractivity contribution in [1.82, 2.24) is 15.5 Å². The first-order valence-electron chi connectivity index (χ1n) is 9.26. The molecule has 0 aromatic heterocycles. The van der Waals surface area contributed by atoms with Crippen LogP contribution in [-0.2, 0) is 16.0 Å². The van der Waals surface area contributed by atoms with E-state index >= 15 is 0 Å². The molecule has 1 aromatic carbocycles. The van der Waals surface area contributed by atoms with E-state index < -0.39 is 5.82 Å². The number of carbonyl (C=O) groups excluding carboxylic acids is 2. The van der Waals surface area contributed by atoms with E-state index in [4.69, 9.17) is 11.6 Å². The van der Waals surface area contributed by atoms with Crippen molar-refractivity contribution in [2.75, 3.05) is 26.2 Å². The van der Waals surface area contributed by atoms with Gasteiger partial charge in [-0.3, -0.25) is 9.59 Å². The lowest BCUT2D eigenvalue weighted by molar-refractivity contribution is -0.132. The molecular formula is C19H25ClFN3O2. The molecule has 142 valence electrons. The molecule has 2 saturated heterocycles. The molecule has 26 heavy (non-hydrogen) atoms. The summed E-state index contributed by atoms with van der Waals surface area (Å²) in [4.78, 5) is 26.4. The minimum Gasteiger partial charge on any atom is -0.354 e. The van der Waals surface area contributed by atoms with Gasteiger partial charge in [-0.1, -0.05) is 17.7 Å². The molecule has 2 amide bonds. The molecule has 2 N–H and O–H groups in total. The second-order valence-electron chi connectivity index (χ2n) is 7.12. The smallest absolute Gasteiger partial charge is 0.237 e. The van der Waals surface area contributed by atoms with E-state index in [0.29, 0.717) is 19.6 Å². The lowest BCUT2D eigenvalue weighted by Gasteiger charge is -2.33. The van der Waals surface area contributed by atoms with Gasteiger partial charge in [0.05, 0.1) is 12.5 Å². The zero-order valence-electron chi connectivity index (χ0n) is 14.8. The number of likely N-dealkylation sites (tertiary alicyclic amines) is 1. The Bertz CT molecular complexity index is 644. The summed E-state index contributed by atoms with van der Waals surface area (Å²) in [5, 5.41) is 6.47. The topological polar surface area (TPSA) is 61.4 Å². The van der Waals surface area contributed by atoms with Gasteiger partial charge in [0.1, 0.15) is 5.82 Å². The number of nitrogens with one attached hydrogen (secondary N) is 2. The van der Waals surface area contributed by atoms with E-state index in [9.17, 15) is 14.0 Å². The maximum Gasteiger partial charge on any atom is 0.237 e. The van der Waals surface area contributed by atoms with Crippen molar-refractivity contribution >= 4 is 23.4 Å². The van der Waals surface area contributed by atoms with Crippen LogP contribution in [0.25, 0.3) is 0 Å². The molecule has 1 aromatic rings. The Labute approximate surface area is 158 Å². The van der Waals surface area contributed by atoms with Crippen LogP contribution >= 0.6 is 11.6 Å². The number of halogens is 2. The van der Waals surface area contributed by atoms with Crippen LogP contribution < -0.4 is 10.6 Å². The molecule has 2 aliphatic rings. The van der Waals surface area contributed by atoms with Crippen LogP contribution in [-0.4, -0.2) is 48.9 Å². The van der Waals surface area contributed by atoms with E-state index in [-0.39, 0.29) is 40.8 Å². The highest BCUT2D eigenvalue weighted by Crippen LogP contribution is 2.22. The molecule has 2 heterocycles. The molecular weight excluding hydrogens is 357 g/mol. The van der Waals surface area contributed by atoms with Gasteiger partial charge in [0.15, 0.2) is 0 Å². The van der Waals surface area contributed by atoms with E-state index in [0.717, 1.165) is 32.2 Å². The Morgan fingerprint density at radius 2 is 2.15 bits per heavy atom. The molecule has 7 heteroatoms. The normalized spacial score (nSPS) is 23.1. The molecule has 0 spiro atoms. The third kappa shape index (κ3) is 4.74. The van der Waals surface area contributed by atoms with E-state index in [1.54, 1.807) is 11.0 Å². The highest BCUT2D eigenvalue weighted by molar-refractivity contribution is 6.31. The molecule has 2 aliphatic heterocycles. The molecule has 0 aliphatic carbocycles. The van der Waals surface area contributed by atoms with E-state index in [1.807, 2.05) is 0 Å². The summed E-state index contributed by atoms with van der Waals surface area (Å²) in [7, 11) is 0. The van der Waals surface area contributed by atoms with Gasteiger partial charge in [-0.25, -0.2) is 4.39 Å². The number of hydrogen-bond donors (Lipinski definition) is 2. The van der Waals surface area contributed by atoms with Gasteiger partial charge in [-0.15, -0.1) is 0 Å². The minimum atomic E-state index is -0.448. The van der Waals surface area contributed by atoms with Crippen LogP contribution in [0, 0.1) is 11.7 Å². The third-order valence-corrected chi connectivity index (χ3v) is 5.56. The first-order chi connectivity index (χ1) is 12.5. The summed E-state index contributed by atoms with van der Waals surface area (Å²) in [5.41, 5.74) is 0.252. The summed E-state index contributed by atoms with van der Waals surface area (Å²) in [6.45, 7) is 2.71. The van der Waals surface area contributed by atoms with Crippen molar-refractivity contribution in [3.63, 3.8) is 0 Å². The van der Waals surface area contributed by atoms with Crippen molar-refractivity contribution in [1.29, 1.82) is 0 Å². The van der Waals surface area contributed by atoms with Gasteiger partial charge < -0.3 is 15.5 Å². The number of carbonyl (C=O) groups is 2. The second-order valence-corrected chi connectivity index (χ2v) is 7.53. The number of hydrogen-bond acceptors (Lipinski definition) is 3. The monoisotopic (exact) mass is 381 g/mol. The van der Waals surface area contributed by atoms with Crippen molar-refractivity contribution in [2.45, 2.75) is 38.1 Å². The fraction of sp³-hybridized carbons (Fsp3) is 0.579. The van der Waals surface area contributed by atoms with Crippen LogP contribution in [0.15, 0.2) is 18.2 Å². The summed E-state index contributed by atoms with van der Waals surface area (Å²) in [6.07, 6.45) is 3.74. The highest BCUT2D eigenvalue weighted by atomic mass is 35.5. The maximum atomic E-state index is 13.9. The number of amides is 2. The molecule has 0 saturated carbocycles. The summed E-state index contributed by atoms with van der Waals surface area (Å²) < 4.78 is 13.9. The zero-order chi connectivity index (χ0) is 18.5. The number of piperidine rings is 1. The van der Waals surface area contributed by atoms with Crippen molar-refractivity contribution < 1.29 is 14.0 Å². The number of rotatable bonds is 5. The quantitative estimate of drug-likeness (QED) is 0.821. The van der Waals surface area contributed by atoms with E-state index in [2.05, 4.69) is 10.6 Å². The van der Waals surface area contributed by atoms with Crippen molar-refractivity contribution in [2.24, 2.45) is 5.92 Å². The lowest BCUT2D eigenvalue weighted by atomic mass is 9.97. The van der Waals surface area contributed by atoms with Crippen LogP contribution in [0.1, 0.15) is 31.2 Å². The van der Waals surface area contributed by atoms with E-state index in [1.165, 1.54) is 12.1 Å². The zero-order valence-corrected chi connectivity index (χ0v) is 15.5. The van der Waals surface area contributed by atoms with Gasteiger partial charge in [-0.2, -0.15) is 0 Å². The number of benzene rings is 1. The lowest BCUT2D eigenvalue weighted by Crippen LogP contribution is -2.47. The standard InChI is InChI=1S/C19H25ClFN3O2/c20-15-5-1-6-16(21)14(15)10-18(25)24-9-3-4-13(12-24)11-23-19(26)17-7-2-8-22-17/h1,5-6,13,17,22H,2-4,7-12H2,(H,23,26). The Kier molecular flexibility index (Phi) is 6.48. The minimum absolute atomic E-state index is 0.0312. The Morgan fingerprint density at radius 3 is 2.88 bits per heavy atom. The van der Waals surface area contributed by atoms with Crippen LogP contribution in [0.2, 0.25) is 5.02 Å². The molecule has 2 unspecified atom stereocenters. The number of nitrogens with zero attached hydrogens (tertiary/aromatic N) is 1. The van der Waals surface area contributed by atoms with Gasteiger partial charge in [0.2, 0.25) is 11.8 Å². The van der Waals surface area contributed by atoms with Gasteiger partial charge >= 0.3 is 0 Å². The molecule has 5 nitrogen and oxygen atoms in total. The molecule has 2 fully saturated rings. The molecule has 2 atom stereocenters. The Morgan fingerprint density at radius 1 is 1.31 bits per heavy atom. The fourth-order valence-corrected chi connectivity index (χ4v) is 3.93. The summed E-state index contributed by atoms with van der Waals surface area (Å²) >= 11 is 6.02. The fourth-order valence-electron chi connectivity index (χ4n) is 3.70. The highest BCUT2D eigenvalue weighted by Gasteiger charge is 2.27. The molecule has 0 radical (unpaired) electrons. The maximum absolute atomic E-state index is 13.9. The van der Waals surface area contributed by atoms with Gasteiger partial charge in [-0.05, 0) is 50.3 Å².